The molecule has 2 aromatic heterocycles. The molecule has 10 rings (SSSR count). The van der Waals surface area contributed by atoms with Crippen LogP contribution in [0.4, 0.5) is 17.1 Å². The highest BCUT2D eigenvalue weighted by atomic mass is 32.1. The molecule has 2 nitrogen and oxygen atoms in total. The first-order valence-electron chi connectivity index (χ1n) is 23.7. The third kappa shape index (κ3) is 4.47. The van der Waals surface area contributed by atoms with Gasteiger partial charge < -0.3 is 9.32 Å². The summed E-state index contributed by atoms with van der Waals surface area (Å²) in [6.07, 6.45) is 0. The van der Waals surface area contributed by atoms with Crippen LogP contribution in [-0.2, 0) is 0 Å². The number of furan rings is 1. The van der Waals surface area contributed by atoms with Crippen LogP contribution in [0.1, 0.15) is 23.3 Å². The lowest BCUT2D eigenvalue weighted by molar-refractivity contribution is 0.672. The molecular formula is C46H29NOS. The fourth-order valence-electron chi connectivity index (χ4n) is 6.24. The Labute approximate surface area is 311 Å². The molecule has 0 saturated carbocycles. The minimum Gasteiger partial charge on any atom is -0.455 e. The number of rotatable bonds is 5. The average molecular weight is 661 g/mol. The molecule has 3 heteroatoms. The summed E-state index contributed by atoms with van der Waals surface area (Å²) < 4.78 is 164. The van der Waals surface area contributed by atoms with Crippen LogP contribution in [0.3, 0.4) is 0 Å². The first kappa shape index (κ1) is 15.8. The van der Waals surface area contributed by atoms with Crippen LogP contribution >= 0.6 is 11.3 Å². The van der Waals surface area contributed by atoms with E-state index in [4.69, 9.17) is 16.8 Å². The Kier molecular flexibility index (Phi) is 3.63. The molecule has 0 unspecified atom stereocenters. The summed E-state index contributed by atoms with van der Waals surface area (Å²) in [6.45, 7) is 0. The zero-order valence-electron chi connectivity index (χ0n) is 42.2. The molecule has 0 spiro atoms. The molecule has 0 fully saturated rings. The van der Waals surface area contributed by atoms with Crippen molar-refractivity contribution in [2.75, 3.05) is 4.90 Å². The molecule has 0 aliphatic heterocycles. The molecule has 230 valence electrons. The van der Waals surface area contributed by atoms with E-state index in [1.807, 2.05) is 30.3 Å². The van der Waals surface area contributed by atoms with Crippen molar-refractivity contribution in [1.82, 2.24) is 0 Å². The molecule has 0 amide bonds. The fourth-order valence-corrected chi connectivity index (χ4v) is 7.46. The van der Waals surface area contributed by atoms with Gasteiger partial charge in [0, 0.05) is 42.2 Å². The van der Waals surface area contributed by atoms with Gasteiger partial charge in [-0.15, -0.1) is 11.3 Å². The van der Waals surface area contributed by atoms with E-state index in [1.54, 1.807) is 42.5 Å². The minimum atomic E-state index is -0.835. The van der Waals surface area contributed by atoms with Crippen molar-refractivity contribution in [3.8, 4) is 22.3 Å². The van der Waals surface area contributed by atoms with Gasteiger partial charge in [-0.05, 0) is 64.4 Å². The zero-order chi connectivity index (χ0) is 47.1. The van der Waals surface area contributed by atoms with Gasteiger partial charge in [-0.3, -0.25) is 0 Å². The summed E-state index contributed by atoms with van der Waals surface area (Å²) in [6, 6.07) is 9.03. The summed E-state index contributed by atoms with van der Waals surface area (Å²) in [5.41, 5.74) is -2.38. The third-order valence-corrected chi connectivity index (χ3v) is 9.64. The van der Waals surface area contributed by atoms with Gasteiger partial charge in [0.25, 0.3) is 0 Å². The largest absolute Gasteiger partial charge is 0.455 e. The van der Waals surface area contributed by atoms with E-state index in [1.165, 1.54) is 11.3 Å². The Bertz CT molecular complexity index is 3780. The van der Waals surface area contributed by atoms with Crippen LogP contribution < -0.4 is 4.90 Å². The summed E-state index contributed by atoms with van der Waals surface area (Å²) in [7, 11) is 0. The number of anilines is 3. The molecule has 10 aromatic rings. The van der Waals surface area contributed by atoms with Gasteiger partial charge in [0.2, 0.25) is 0 Å². The maximum Gasteiger partial charge on any atom is 0.143 e. The van der Waals surface area contributed by atoms with E-state index in [0.717, 1.165) is 20.4 Å². The normalized spacial score (nSPS) is 16.5. The van der Waals surface area contributed by atoms with Crippen molar-refractivity contribution in [1.29, 1.82) is 0 Å². The molecule has 0 aliphatic carbocycles. The minimum absolute atomic E-state index is 0.0929. The Morgan fingerprint density at radius 2 is 1.29 bits per heavy atom. The van der Waals surface area contributed by atoms with E-state index in [0.29, 0.717) is 10.3 Å². The van der Waals surface area contributed by atoms with E-state index < -0.39 is 136 Å². The second kappa shape index (κ2) is 11.2. The number of nitrogens with zero attached hydrogens (tertiary/aromatic N) is 1. The average Bonchev–Trinajstić information content (AvgIpc) is 3.90. The highest BCUT2D eigenvalue weighted by Gasteiger charge is 2.22. The van der Waals surface area contributed by atoms with Crippen LogP contribution in [0.25, 0.3) is 75.1 Å². The lowest BCUT2D eigenvalue weighted by Gasteiger charge is -2.28. The van der Waals surface area contributed by atoms with E-state index in [9.17, 15) is 11.0 Å². The van der Waals surface area contributed by atoms with Gasteiger partial charge in [0.05, 0.1) is 40.1 Å². The van der Waals surface area contributed by atoms with Crippen LogP contribution in [0.15, 0.2) is 180 Å². The van der Waals surface area contributed by atoms with Gasteiger partial charge in [0.1, 0.15) is 11.2 Å². The number of fused-ring (bicyclic) bond motifs is 8. The Hall–Kier alpha value is -6.16. The van der Waals surface area contributed by atoms with Crippen molar-refractivity contribution in [3.05, 3.63) is 176 Å². The Morgan fingerprint density at radius 1 is 0.510 bits per heavy atom. The van der Waals surface area contributed by atoms with E-state index in [2.05, 4.69) is 0 Å². The van der Waals surface area contributed by atoms with Gasteiger partial charge in [-0.2, -0.15) is 0 Å². The van der Waals surface area contributed by atoms with Gasteiger partial charge in [0.15, 0.2) is 0 Å². The Morgan fingerprint density at radius 3 is 2.20 bits per heavy atom. The van der Waals surface area contributed by atoms with Crippen LogP contribution in [0.2, 0.25) is 0 Å². The number of thiophene rings is 1. The first-order valence-corrected chi connectivity index (χ1v) is 16.0. The maximum atomic E-state index is 9.80. The first-order chi connectivity index (χ1) is 31.4. The lowest BCUT2D eigenvalue weighted by atomic mass is 9.99. The van der Waals surface area contributed by atoms with Crippen LogP contribution in [0.5, 0.6) is 0 Å². The molecule has 0 radical (unpaired) electrons. The van der Waals surface area contributed by atoms with Gasteiger partial charge in [-0.1, -0.05) is 133 Å². The predicted molar refractivity (Wildman–Crippen MR) is 210 cm³/mol. The fraction of sp³-hybridized carbons (Fsp3) is 0. The number of hydrogen-bond donors (Lipinski definition) is 0. The summed E-state index contributed by atoms with van der Waals surface area (Å²) in [4.78, 5) is 0.912. The van der Waals surface area contributed by atoms with Gasteiger partial charge in [-0.25, -0.2) is 0 Å². The van der Waals surface area contributed by atoms with Crippen molar-refractivity contribution in [2.24, 2.45) is 0 Å². The topological polar surface area (TPSA) is 16.4 Å². The van der Waals surface area contributed by atoms with Crippen molar-refractivity contribution in [3.63, 3.8) is 0 Å². The SMILES string of the molecule is [2H]c1c([2H])c([2H])c(N(c2c([2H])c([2H])c(-c3cccc4c3sc3ccccc34)c([2H])c2[2H])c2c([2H])c([2H])c([2H])c3oc4c5c([2H])c([2H])c([2H])c([2H])c5c([2H])c([2H])c4c23)c(-c2ccccc2)c1[2H]. The molecule has 0 atom stereocenters. The monoisotopic (exact) mass is 660 g/mol. The van der Waals surface area contributed by atoms with E-state index in [-0.39, 0.29) is 32.8 Å². The van der Waals surface area contributed by atoms with Crippen molar-refractivity contribution >= 4 is 81.3 Å². The highest BCUT2D eigenvalue weighted by molar-refractivity contribution is 7.26. The summed E-state index contributed by atoms with van der Waals surface area (Å²) >= 11 is 1.40. The molecule has 0 bridgehead atoms. The van der Waals surface area contributed by atoms with Crippen molar-refractivity contribution < 1.29 is 27.7 Å². The second-order valence-corrected chi connectivity index (χ2v) is 12.2. The van der Waals surface area contributed by atoms with Crippen LogP contribution in [-0.4, -0.2) is 0 Å². The highest BCUT2D eigenvalue weighted by Crippen LogP contribution is 2.47. The van der Waals surface area contributed by atoms with E-state index >= 15 is 0 Å². The number of para-hydroxylation sites is 1. The molecular weight excluding hydrogens is 615 g/mol. The lowest BCUT2D eigenvalue weighted by Crippen LogP contribution is -2.11. The summed E-state index contributed by atoms with van der Waals surface area (Å²) in [5, 5.41) is 0.227. The van der Waals surface area contributed by atoms with Crippen molar-refractivity contribution in [2.45, 2.75) is 0 Å². The third-order valence-electron chi connectivity index (χ3n) is 8.42. The summed E-state index contributed by atoms with van der Waals surface area (Å²) in [5.74, 6) is 0. The predicted octanol–water partition coefficient (Wildman–Crippen LogP) is 13.9. The maximum absolute atomic E-state index is 9.80. The second-order valence-electron chi connectivity index (χ2n) is 11.2. The molecule has 0 saturated heterocycles. The molecule has 0 N–H and O–H groups in total. The number of hydrogen-bond acceptors (Lipinski definition) is 3. The number of benzene rings is 8. The quantitative estimate of drug-likeness (QED) is 0.183. The van der Waals surface area contributed by atoms with Gasteiger partial charge >= 0.3 is 0 Å². The Balaban J connectivity index is 1.43. The zero-order valence-corrected chi connectivity index (χ0v) is 26.0. The molecule has 0 aliphatic rings. The molecule has 49 heavy (non-hydrogen) atoms. The molecule has 2 heterocycles. The smallest absolute Gasteiger partial charge is 0.143 e. The standard InChI is InChI=1S/C46H29NOS/c1-2-12-30(13-3-1)34-15-6-8-20-40(34)47(41-21-11-22-42-44(41)39-29-26-31-14-4-5-16-35(31)45(39)48-42)33-27-24-32(25-28-33)36-18-10-19-38-37-17-7-9-23-43(37)49-46(36)38/h1-29H/i4D,5D,6D,8D,11D,14D,15D,16D,20D,21D,22D,24D,25D,26D,27D,28D,29D. The van der Waals surface area contributed by atoms with Crippen LogP contribution in [0, 0.1) is 0 Å². The molecule has 8 aromatic carbocycles.